The molecule has 8 heteroatoms. The topological polar surface area (TPSA) is 66.5 Å². The van der Waals surface area contributed by atoms with Gasteiger partial charge in [0.1, 0.15) is 6.04 Å². The van der Waals surface area contributed by atoms with Crippen molar-refractivity contribution < 1.29 is 27.6 Å². The fourth-order valence-corrected chi connectivity index (χ4v) is 2.70. The zero-order valence-electron chi connectivity index (χ0n) is 13.5. The zero-order chi connectivity index (χ0) is 19.1. The maximum Gasteiger partial charge on any atom is 0.416 e. The molecule has 2 aromatic carbocycles. The number of benzene rings is 2. The number of anilines is 1. The van der Waals surface area contributed by atoms with Gasteiger partial charge in [0.2, 0.25) is 5.91 Å². The van der Waals surface area contributed by atoms with Crippen LogP contribution in [0.2, 0.25) is 0 Å². The first-order chi connectivity index (χ1) is 12.2. The number of carbonyl (C=O) groups excluding carboxylic acids is 3. The number of nitrogens with zero attached hydrogens (tertiary/aromatic N) is 1. The quantitative estimate of drug-likeness (QED) is 0.852. The predicted molar refractivity (Wildman–Crippen MR) is 86.5 cm³/mol. The Morgan fingerprint density at radius 3 is 2.12 bits per heavy atom. The number of nitrogens with one attached hydrogen (secondary N) is 1. The van der Waals surface area contributed by atoms with E-state index in [1.807, 2.05) is 0 Å². The van der Waals surface area contributed by atoms with E-state index in [4.69, 9.17) is 0 Å². The smallest absolute Gasteiger partial charge is 0.324 e. The summed E-state index contributed by atoms with van der Waals surface area (Å²) in [7, 11) is 0. The van der Waals surface area contributed by atoms with Gasteiger partial charge in [-0.05, 0) is 37.3 Å². The lowest BCUT2D eigenvalue weighted by Crippen LogP contribution is -2.45. The summed E-state index contributed by atoms with van der Waals surface area (Å²) >= 11 is 0. The molecule has 2 aromatic rings. The lowest BCUT2D eigenvalue weighted by Gasteiger charge is -2.22. The molecular weight excluding hydrogens is 349 g/mol. The molecule has 1 heterocycles. The van der Waals surface area contributed by atoms with Gasteiger partial charge in [0, 0.05) is 5.69 Å². The molecule has 1 atom stereocenters. The highest BCUT2D eigenvalue weighted by Crippen LogP contribution is 2.31. The van der Waals surface area contributed by atoms with E-state index in [0.717, 1.165) is 23.1 Å². The summed E-state index contributed by atoms with van der Waals surface area (Å²) in [4.78, 5) is 37.9. The summed E-state index contributed by atoms with van der Waals surface area (Å²) in [6.45, 7) is 1.34. The van der Waals surface area contributed by atoms with E-state index in [2.05, 4.69) is 5.32 Å². The summed E-state index contributed by atoms with van der Waals surface area (Å²) in [5.74, 6) is -1.99. The molecule has 5 nitrogen and oxygen atoms in total. The van der Waals surface area contributed by atoms with Gasteiger partial charge in [-0.2, -0.15) is 13.2 Å². The highest BCUT2D eigenvalue weighted by Gasteiger charge is 2.40. The SMILES string of the molecule is CC(C(=O)Nc1cccc(C(F)(F)F)c1)N1C(=O)c2ccccc2C1=O. The van der Waals surface area contributed by atoms with Crippen molar-refractivity contribution in [3.8, 4) is 0 Å². The average Bonchev–Trinajstić information content (AvgIpc) is 2.85. The molecule has 0 aliphatic carbocycles. The number of carbonyl (C=O) groups is 3. The molecule has 0 radical (unpaired) electrons. The maximum atomic E-state index is 12.8. The van der Waals surface area contributed by atoms with Gasteiger partial charge in [-0.15, -0.1) is 0 Å². The minimum atomic E-state index is -4.55. The van der Waals surface area contributed by atoms with Crippen LogP contribution in [0.5, 0.6) is 0 Å². The minimum absolute atomic E-state index is 0.0757. The Hall–Kier alpha value is -3.16. The Kier molecular flexibility index (Phi) is 4.27. The first-order valence-electron chi connectivity index (χ1n) is 7.65. The van der Waals surface area contributed by atoms with Gasteiger partial charge in [0.25, 0.3) is 11.8 Å². The fraction of sp³-hybridized carbons (Fsp3) is 0.167. The van der Waals surface area contributed by atoms with E-state index in [1.165, 1.54) is 25.1 Å². The summed E-state index contributed by atoms with van der Waals surface area (Å²) in [5.41, 5.74) is -0.607. The number of alkyl halides is 3. The van der Waals surface area contributed by atoms with E-state index in [0.29, 0.717) is 0 Å². The number of imide groups is 1. The maximum absolute atomic E-state index is 12.8. The van der Waals surface area contributed by atoms with E-state index in [9.17, 15) is 27.6 Å². The third-order valence-corrected chi connectivity index (χ3v) is 4.05. The van der Waals surface area contributed by atoms with Crippen molar-refractivity contribution in [1.82, 2.24) is 4.90 Å². The number of rotatable bonds is 3. The Bertz CT molecular complexity index is 874. The van der Waals surface area contributed by atoms with Gasteiger partial charge in [-0.1, -0.05) is 18.2 Å². The average molecular weight is 362 g/mol. The van der Waals surface area contributed by atoms with Crippen LogP contribution in [0, 0.1) is 0 Å². The molecule has 0 fully saturated rings. The fourth-order valence-electron chi connectivity index (χ4n) is 2.70. The first-order valence-corrected chi connectivity index (χ1v) is 7.65. The van der Waals surface area contributed by atoms with Crippen molar-refractivity contribution >= 4 is 23.4 Å². The largest absolute Gasteiger partial charge is 0.416 e. The third-order valence-electron chi connectivity index (χ3n) is 4.05. The molecular formula is C18H13F3N2O3. The lowest BCUT2D eigenvalue weighted by molar-refractivity contribution is -0.137. The molecule has 1 unspecified atom stereocenters. The van der Waals surface area contributed by atoms with Crippen LogP contribution in [0.1, 0.15) is 33.2 Å². The van der Waals surface area contributed by atoms with Crippen molar-refractivity contribution in [2.75, 3.05) is 5.32 Å². The van der Waals surface area contributed by atoms with Crippen LogP contribution in [0.15, 0.2) is 48.5 Å². The Morgan fingerprint density at radius 2 is 1.58 bits per heavy atom. The molecule has 1 aliphatic heterocycles. The predicted octanol–water partition coefficient (Wildman–Crippen LogP) is 3.33. The van der Waals surface area contributed by atoms with Gasteiger partial charge in [0.05, 0.1) is 16.7 Å². The number of amides is 3. The van der Waals surface area contributed by atoms with Gasteiger partial charge in [-0.25, -0.2) is 0 Å². The molecule has 0 spiro atoms. The lowest BCUT2D eigenvalue weighted by atomic mass is 10.1. The van der Waals surface area contributed by atoms with E-state index < -0.39 is 35.5 Å². The van der Waals surface area contributed by atoms with Crippen molar-refractivity contribution in [2.24, 2.45) is 0 Å². The van der Waals surface area contributed by atoms with Gasteiger partial charge < -0.3 is 5.32 Å². The van der Waals surface area contributed by atoms with Crippen LogP contribution < -0.4 is 5.32 Å². The van der Waals surface area contributed by atoms with Crippen LogP contribution in [0.25, 0.3) is 0 Å². The normalized spacial score (nSPS) is 15.0. The van der Waals surface area contributed by atoms with Crippen LogP contribution in [-0.4, -0.2) is 28.7 Å². The monoisotopic (exact) mass is 362 g/mol. The van der Waals surface area contributed by atoms with Crippen LogP contribution in [-0.2, 0) is 11.0 Å². The number of fused-ring (bicyclic) bond motifs is 1. The molecule has 26 heavy (non-hydrogen) atoms. The van der Waals surface area contributed by atoms with Gasteiger partial charge in [0.15, 0.2) is 0 Å². The van der Waals surface area contributed by atoms with Crippen LogP contribution in [0.3, 0.4) is 0 Å². The number of hydrogen-bond acceptors (Lipinski definition) is 3. The molecule has 134 valence electrons. The Balaban J connectivity index is 1.80. The van der Waals surface area contributed by atoms with E-state index in [1.54, 1.807) is 12.1 Å². The summed E-state index contributed by atoms with van der Waals surface area (Å²) in [6, 6.07) is 9.09. The molecule has 3 amide bonds. The molecule has 1 aliphatic rings. The van der Waals surface area contributed by atoms with E-state index in [-0.39, 0.29) is 16.8 Å². The second-order valence-electron chi connectivity index (χ2n) is 5.77. The molecule has 1 N–H and O–H groups in total. The summed E-state index contributed by atoms with van der Waals surface area (Å²) < 4.78 is 38.3. The van der Waals surface area contributed by atoms with Gasteiger partial charge in [-0.3, -0.25) is 19.3 Å². The first kappa shape index (κ1) is 17.7. The highest BCUT2D eigenvalue weighted by atomic mass is 19.4. The summed E-state index contributed by atoms with van der Waals surface area (Å²) in [5, 5.41) is 2.31. The standard InChI is InChI=1S/C18H13F3N2O3/c1-10(23-16(25)13-7-2-3-8-14(13)17(23)26)15(24)22-12-6-4-5-11(9-12)18(19,20)21/h2-10H,1H3,(H,22,24). The molecule has 0 saturated heterocycles. The van der Waals surface area contributed by atoms with Crippen LogP contribution in [0.4, 0.5) is 18.9 Å². The molecule has 0 aromatic heterocycles. The summed E-state index contributed by atoms with van der Waals surface area (Å²) in [6.07, 6.45) is -4.55. The molecule has 0 saturated carbocycles. The minimum Gasteiger partial charge on any atom is -0.324 e. The highest BCUT2D eigenvalue weighted by molar-refractivity contribution is 6.23. The second-order valence-corrected chi connectivity index (χ2v) is 5.77. The van der Waals surface area contributed by atoms with Crippen molar-refractivity contribution in [3.63, 3.8) is 0 Å². The second kappa shape index (κ2) is 6.29. The Morgan fingerprint density at radius 1 is 1.00 bits per heavy atom. The van der Waals surface area contributed by atoms with Gasteiger partial charge >= 0.3 is 6.18 Å². The molecule has 3 rings (SSSR count). The van der Waals surface area contributed by atoms with Crippen LogP contribution >= 0.6 is 0 Å². The third kappa shape index (κ3) is 3.05. The molecule has 0 bridgehead atoms. The zero-order valence-corrected chi connectivity index (χ0v) is 13.5. The van der Waals surface area contributed by atoms with E-state index >= 15 is 0 Å². The van der Waals surface area contributed by atoms with Crippen molar-refractivity contribution in [2.45, 2.75) is 19.1 Å². The number of hydrogen-bond donors (Lipinski definition) is 1. The Labute approximate surface area is 146 Å². The van der Waals surface area contributed by atoms with Crippen molar-refractivity contribution in [3.05, 3.63) is 65.2 Å². The van der Waals surface area contributed by atoms with Crippen molar-refractivity contribution in [1.29, 1.82) is 0 Å². The number of halogens is 3.